The van der Waals surface area contributed by atoms with Gasteiger partial charge in [-0.2, -0.15) is 11.8 Å². The first kappa shape index (κ1) is 13.0. The molecule has 15 heavy (non-hydrogen) atoms. The molecule has 1 rings (SSSR count). The number of nitrogens with zero attached hydrogens (tertiary/aromatic N) is 1. The number of hydrogen-bond donors (Lipinski definition) is 0. The molecule has 0 bridgehead atoms. The Morgan fingerprint density at radius 2 is 2.13 bits per heavy atom. The van der Waals surface area contributed by atoms with Crippen LogP contribution in [0.5, 0.6) is 0 Å². The van der Waals surface area contributed by atoms with Crippen LogP contribution in [0.2, 0.25) is 0 Å². The van der Waals surface area contributed by atoms with E-state index in [1.807, 2.05) is 0 Å². The van der Waals surface area contributed by atoms with Crippen LogP contribution in [0.15, 0.2) is 0 Å². The van der Waals surface area contributed by atoms with E-state index in [0.717, 1.165) is 5.75 Å². The van der Waals surface area contributed by atoms with Gasteiger partial charge in [0, 0.05) is 24.3 Å². The molecule has 0 radical (unpaired) electrons. The molecule has 0 amide bonds. The van der Waals surface area contributed by atoms with E-state index in [1.165, 1.54) is 13.2 Å². The lowest BCUT2D eigenvalue weighted by atomic mass is 10.2. The van der Waals surface area contributed by atoms with Gasteiger partial charge in [-0.15, -0.1) is 0 Å². The third-order valence-corrected chi connectivity index (χ3v) is 5.36. The maximum atomic E-state index is 11.6. The highest BCUT2D eigenvalue weighted by Gasteiger charge is 2.35. The fourth-order valence-corrected chi connectivity index (χ4v) is 4.60. The zero-order chi connectivity index (χ0) is 11.6. The average molecular weight is 251 g/mol. The van der Waals surface area contributed by atoms with E-state index in [4.69, 9.17) is 0 Å². The minimum absolute atomic E-state index is 0.0237. The van der Waals surface area contributed by atoms with Gasteiger partial charge in [0.25, 0.3) is 0 Å². The van der Waals surface area contributed by atoms with Crippen LogP contribution in [0.3, 0.4) is 0 Å². The number of Topliss-reactive ketones (excluding diaryl/α,β-unsaturated/α-hetero) is 1. The van der Waals surface area contributed by atoms with Crippen molar-refractivity contribution in [1.29, 1.82) is 0 Å². The van der Waals surface area contributed by atoms with E-state index in [9.17, 15) is 13.2 Å². The fraction of sp³-hybridized carbons (Fsp3) is 0.889. The van der Waals surface area contributed by atoms with Gasteiger partial charge in [-0.05, 0) is 13.8 Å². The predicted molar refractivity (Wildman–Crippen MR) is 62.8 cm³/mol. The normalized spacial score (nSPS) is 26.2. The van der Waals surface area contributed by atoms with Gasteiger partial charge >= 0.3 is 0 Å². The lowest BCUT2D eigenvalue weighted by Gasteiger charge is -2.37. The molecule has 4 nitrogen and oxygen atoms in total. The van der Waals surface area contributed by atoms with Crippen molar-refractivity contribution in [2.45, 2.75) is 25.3 Å². The summed E-state index contributed by atoms with van der Waals surface area (Å²) in [6.45, 7) is 3.95. The van der Waals surface area contributed by atoms with Gasteiger partial charge in [-0.3, -0.25) is 9.69 Å². The van der Waals surface area contributed by atoms with Gasteiger partial charge in [-0.1, -0.05) is 0 Å². The van der Waals surface area contributed by atoms with Crippen LogP contribution in [-0.2, 0) is 14.6 Å². The van der Waals surface area contributed by atoms with Crippen LogP contribution in [0.1, 0.15) is 13.8 Å². The Kier molecular flexibility index (Phi) is 4.20. The standard InChI is InChI=1S/C9H17NO3S2/c1-7(8(2)11)10-4-5-14-6-9(10)15(3,12)13/h7,9H,4-6H2,1-3H3. The number of ketones is 1. The van der Waals surface area contributed by atoms with Crippen LogP contribution in [0, 0.1) is 0 Å². The van der Waals surface area contributed by atoms with Crippen molar-refractivity contribution < 1.29 is 13.2 Å². The first-order valence-electron chi connectivity index (χ1n) is 4.87. The minimum Gasteiger partial charge on any atom is -0.298 e. The molecule has 1 saturated heterocycles. The lowest BCUT2D eigenvalue weighted by Crippen LogP contribution is -2.52. The first-order valence-corrected chi connectivity index (χ1v) is 7.97. The fourth-order valence-electron chi connectivity index (χ4n) is 1.64. The monoisotopic (exact) mass is 251 g/mol. The third-order valence-electron chi connectivity index (χ3n) is 2.70. The van der Waals surface area contributed by atoms with Crippen molar-refractivity contribution >= 4 is 27.4 Å². The molecule has 6 heteroatoms. The molecule has 0 aromatic carbocycles. The van der Waals surface area contributed by atoms with E-state index in [2.05, 4.69) is 0 Å². The second kappa shape index (κ2) is 4.84. The second-order valence-corrected chi connectivity index (χ2v) is 7.24. The first-order chi connectivity index (χ1) is 6.84. The molecule has 2 atom stereocenters. The molecule has 0 spiro atoms. The molecule has 0 N–H and O–H groups in total. The van der Waals surface area contributed by atoms with Gasteiger partial charge in [0.15, 0.2) is 9.84 Å². The van der Waals surface area contributed by atoms with Crippen molar-refractivity contribution in [2.24, 2.45) is 0 Å². The summed E-state index contributed by atoms with van der Waals surface area (Å²) in [5.41, 5.74) is 0. The quantitative estimate of drug-likeness (QED) is 0.726. The Labute approximate surface area is 95.3 Å². The minimum atomic E-state index is -3.10. The SMILES string of the molecule is CC(=O)C(C)N1CCSCC1S(C)(=O)=O. The van der Waals surface area contributed by atoms with Crippen molar-refractivity contribution in [3.8, 4) is 0 Å². The number of carbonyl (C=O) groups is 1. The van der Waals surface area contributed by atoms with E-state index >= 15 is 0 Å². The third kappa shape index (κ3) is 3.19. The highest BCUT2D eigenvalue weighted by Crippen LogP contribution is 2.22. The van der Waals surface area contributed by atoms with Gasteiger partial charge in [0.2, 0.25) is 0 Å². The maximum absolute atomic E-state index is 11.6. The Bertz CT molecular complexity index is 339. The smallest absolute Gasteiger partial charge is 0.164 e. The average Bonchev–Trinajstić information content (AvgIpc) is 2.15. The number of rotatable bonds is 3. The van der Waals surface area contributed by atoms with E-state index in [0.29, 0.717) is 12.3 Å². The summed E-state index contributed by atoms with van der Waals surface area (Å²) >= 11 is 1.63. The number of hydrogen-bond acceptors (Lipinski definition) is 5. The lowest BCUT2D eigenvalue weighted by molar-refractivity contribution is -0.121. The molecule has 1 fully saturated rings. The van der Waals surface area contributed by atoms with Crippen molar-refractivity contribution in [2.75, 3.05) is 24.3 Å². The molecule has 2 unspecified atom stereocenters. The van der Waals surface area contributed by atoms with Crippen molar-refractivity contribution in [3.63, 3.8) is 0 Å². The predicted octanol–water partition coefficient (Wildman–Crippen LogP) is 0.383. The summed E-state index contributed by atoms with van der Waals surface area (Å²) in [6.07, 6.45) is 1.24. The zero-order valence-electron chi connectivity index (χ0n) is 9.26. The van der Waals surface area contributed by atoms with Crippen molar-refractivity contribution in [3.05, 3.63) is 0 Å². The number of thioether (sulfide) groups is 1. The molecule has 0 aliphatic carbocycles. The Morgan fingerprint density at radius 3 is 2.60 bits per heavy atom. The number of sulfone groups is 1. The Balaban J connectivity index is 2.88. The van der Waals surface area contributed by atoms with Gasteiger partial charge in [0.1, 0.15) is 11.2 Å². The second-order valence-electron chi connectivity index (χ2n) is 3.88. The molecule has 88 valence electrons. The Morgan fingerprint density at radius 1 is 1.53 bits per heavy atom. The molecule has 1 aliphatic rings. The highest BCUT2D eigenvalue weighted by molar-refractivity contribution is 8.00. The molecule has 1 aliphatic heterocycles. The molecule has 0 aromatic heterocycles. The summed E-state index contributed by atoms with van der Waals surface area (Å²) in [5, 5.41) is -0.504. The Hall–Kier alpha value is -0.0700. The molecule has 1 heterocycles. The van der Waals surface area contributed by atoms with E-state index in [1.54, 1.807) is 23.6 Å². The molecular weight excluding hydrogens is 234 g/mol. The van der Waals surface area contributed by atoms with Crippen molar-refractivity contribution in [1.82, 2.24) is 4.90 Å². The van der Waals surface area contributed by atoms with E-state index in [-0.39, 0.29) is 11.8 Å². The zero-order valence-corrected chi connectivity index (χ0v) is 10.9. The van der Waals surface area contributed by atoms with E-state index < -0.39 is 15.2 Å². The summed E-state index contributed by atoms with van der Waals surface area (Å²) in [5.74, 6) is 1.48. The van der Waals surface area contributed by atoms with Crippen LogP contribution in [0.4, 0.5) is 0 Å². The summed E-state index contributed by atoms with van der Waals surface area (Å²) in [7, 11) is -3.10. The topological polar surface area (TPSA) is 54.5 Å². The largest absolute Gasteiger partial charge is 0.298 e. The van der Waals surface area contributed by atoms with Crippen LogP contribution in [-0.4, -0.2) is 54.8 Å². The summed E-state index contributed by atoms with van der Waals surface area (Å²) in [4.78, 5) is 13.1. The van der Waals surface area contributed by atoms with Crippen LogP contribution >= 0.6 is 11.8 Å². The summed E-state index contributed by atoms with van der Waals surface area (Å²) in [6, 6.07) is -0.300. The maximum Gasteiger partial charge on any atom is 0.164 e. The number of carbonyl (C=O) groups excluding carboxylic acids is 1. The highest BCUT2D eigenvalue weighted by atomic mass is 32.2. The van der Waals surface area contributed by atoms with Crippen LogP contribution in [0.25, 0.3) is 0 Å². The molecule has 0 aromatic rings. The summed E-state index contributed by atoms with van der Waals surface area (Å²) < 4.78 is 23.1. The molecular formula is C9H17NO3S2. The molecule has 0 saturated carbocycles. The van der Waals surface area contributed by atoms with Crippen LogP contribution < -0.4 is 0 Å². The van der Waals surface area contributed by atoms with Gasteiger partial charge < -0.3 is 0 Å². The van der Waals surface area contributed by atoms with Gasteiger partial charge in [0.05, 0.1) is 6.04 Å². The van der Waals surface area contributed by atoms with Gasteiger partial charge in [-0.25, -0.2) is 8.42 Å².